The van der Waals surface area contributed by atoms with Crippen LogP contribution in [0.25, 0.3) is 0 Å². The van der Waals surface area contributed by atoms with E-state index >= 15 is 0 Å². The average Bonchev–Trinajstić information content (AvgIpc) is 3.19. The van der Waals surface area contributed by atoms with Gasteiger partial charge in [0.2, 0.25) is 0 Å². The van der Waals surface area contributed by atoms with Gasteiger partial charge in [-0.2, -0.15) is 0 Å². The van der Waals surface area contributed by atoms with Gasteiger partial charge in [0.15, 0.2) is 5.79 Å². The van der Waals surface area contributed by atoms with Gasteiger partial charge in [-0.05, 0) is 80.5 Å². The molecule has 4 N–H and O–H groups in total. The molecule has 0 bridgehead atoms. The smallest absolute Gasteiger partial charge is 0.169 e. The van der Waals surface area contributed by atoms with Gasteiger partial charge in [0, 0.05) is 23.7 Å². The second-order valence-corrected chi connectivity index (χ2v) is 12.7. The number of aliphatic hydroxyl groups excluding tert-OH is 3. The molecule has 182 valence electrons. The minimum atomic E-state index is -1.21. The molecule has 4 unspecified atom stereocenters. The second-order valence-electron chi connectivity index (χ2n) is 12.7. The molecule has 0 aromatic heterocycles. The highest BCUT2D eigenvalue weighted by atomic mass is 16.6. The third kappa shape index (κ3) is 3.14. The summed E-state index contributed by atoms with van der Waals surface area (Å²) in [6.07, 6.45) is 7.50. The maximum Gasteiger partial charge on any atom is 0.169 e. The van der Waals surface area contributed by atoms with Crippen LogP contribution in [-0.2, 0) is 4.74 Å². The fourth-order valence-corrected chi connectivity index (χ4v) is 9.59. The molecule has 0 radical (unpaired) electrons. The molecule has 4 aliphatic carbocycles. The topological polar surface area (TPSA) is 90.2 Å². The van der Waals surface area contributed by atoms with Crippen molar-refractivity contribution in [2.24, 2.45) is 46.3 Å². The zero-order valence-corrected chi connectivity index (χ0v) is 20.2. The first kappa shape index (κ1) is 23.3. The Kier molecular flexibility index (Phi) is 5.66. The highest BCUT2D eigenvalue weighted by Crippen LogP contribution is 2.70. The van der Waals surface area contributed by atoms with Crippen molar-refractivity contribution < 1.29 is 25.2 Å². The van der Waals surface area contributed by atoms with Gasteiger partial charge < -0.3 is 25.2 Å². The van der Waals surface area contributed by atoms with Gasteiger partial charge in [-0.15, -0.1) is 0 Å². The molecule has 1 saturated heterocycles. The number of fused-ring (bicyclic) bond motifs is 7. The van der Waals surface area contributed by atoms with Crippen molar-refractivity contribution in [1.82, 2.24) is 0 Å². The minimum Gasteiger partial charge on any atom is -0.393 e. The van der Waals surface area contributed by atoms with Crippen molar-refractivity contribution >= 4 is 0 Å². The minimum absolute atomic E-state index is 0.0144. The van der Waals surface area contributed by atoms with Crippen LogP contribution in [0.2, 0.25) is 0 Å². The molecular formula is C27H44O5. The van der Waals surface area contributed by atoms with E-state index in [0.29, 0.717) is 36.5 Å². The highest BCUT2D eigenvalue weighted by Gasteiger charge is 2.70. The van der Waals surface area contributed by atoms with Gasteiger partial charge in [-0.25, -0.2) is 0 Å². The predicted molar refractivity (Wildman–Crippen MR) is 122 cm³/mol. The first-order chi connectivity index (χ1) is 15.0. The van der Waals surface area contributed by atoms with E-state index in [1.165, 1.54) is 12.8 Å². The van der Waals surface area contributed by atoms with Gasteiger partial charge in [0.25, 0.3) is 0 Å². The zero-order valence-electron chi connectivity index (χ0n) is 20.2. The van der Waals surface area contributed by atoms with Crippen molar-refractivity contribution in [3.05, 3.63) is 12.2 Å². The summed E-state index contributed by atoms with van der Waals surface area (Å²) in [7, 11) is 0. The third-order valence-electron chi connectivity index (χ3n) is 11.5. The Balaban J connectivity index is 1.39. The molecular weight excluding hydrogens is 404 g/mol. The largest absolute Gasteiger partial charge is 0.393 e. The van der Waals surface area contributed by atoms with Crippen LogP contribution in [0.5, 0.6) is 0 Å². The Morgan fingerprint density at radius 2 is 1.81 bits per heavy atom. The molecule has 5 nitrogen and oxygen atoms in total. The lowest BCUT2D eigenvalue weighted by atomic mass is 9.43. The van der Waals surface area contributed by atoms with Crippen molar-refractivity contribution in [3.8, 4) is 0 Å². The number of hydrogen-bond acceptors (Lipinski definition) is 5. The van der Waals surface area contributed by atoms with Crippen molar-refractivity contribution in [3.63, 3.8) is 0 Å². The summed E-state index contributed by atoms with van der Waals surface area (Å²) in [5, 5.41) is 42.7. The molecule has 0 aromatic carbocycles. The number of rotatable bonds is 4. The maximum atomic E-state index is 11.7. The van der Waals surface area contributed by atoms with E-state index in [1.807, 2.05) is 0 Å². The lowest BCUT2D eigenvalue weighted by molar-refractivity contribution is -0.224. The van der Waals surface area contributed by atoms with Crippen LogP contribution in [-0.4, -0.2) is 51.1 Å². The summed E-state index contributed by atoms with van der Waals surface area (Å²) in [4.78, 5) is 0. The standard InChI is InChI=1S/C27H44O5/c1-15(14-28)7-10-27(31)16(2)24-22(32-27)12-21-19-6-5-17-11-18(29)8-9-25(17,3)20(19)13-23(30)26(21,24)4/h16-24,28-31H,1,5-14H2,2-4H3/t16-,17?,18?,19+,20-,21-,22-,23?,24-,25-,26+,27?/m0/s1. The van der Waals surface area contributed by atoms with E-state index in [1.54, 1.807) is 0 Å². The quantitative estimate of drug-likeness (QED) is 0.493. The lowest BCUT2D eigenvalue weighted by Crippen LogP contribution is -2.59. The van der Waals surface area contributed by atoms with Gasteiger partial charge >= 0.3 is 0 Å². The number of hydrogen-bond donors (Lipinski definition) is 4. The van der Waals surface area contributed by atoms with Crippen molar-refractivity contribution in [1.29, 1.82) is 0 Å². The van der Waals surface area contributed by atoms with Crippen LogP contribution in [0, 0.1) is 46.3 Å². The van der Waals surface area contributed by atoms with E-state index in [2.05, 4.69) is 27.4 Å². The van der Waals surface area contributed by atoms with E-state index < -0.39 is 5.79 Å². The molecule has 32 heavy (non-hydrogen) atoms. The number of aliphatic hydroxyl groups is 4. The van der Waals surface area contributed by atoms with Crippen LogP contribution in [0.15, 0.2) is 12.2 Å². The summed E-state index contributed by atoms with van der Waals surface area (Å²) in [6, 6.07) is 0. The molecule has 12 atom stereocenters. The zero-order chi connectivity index (χ0) is 23.1. The van der Waals surface area contributed by atoms with Crippen LogP contribution >= 0.6 is 0 Å². The van der Waals surface area contributed by atoms with Gasteiger partial charge in [-0.3, -0.25) is 0 Å². The third-order valence-corrected chi connectivity index (χ3v) is 11.5. The van der Waals surface area contributed by atoms with Crippen molar-refractivity contribution in [2.75, 3.05) is 6.61 Å². The molecule has 5 aliphatic rings. The Labute approximate surface area is 193 Å². The van der Waals surface area contributed by atoms with Crippen LogP contribution in [0.3, 0.4) is 0 Å². The Morgan fingerprint density at radius 3 is 2.53 bits per heavy atom. The maximum absolute atomic E-state index is 11.7. The molecule has 5 fully saturated rings. The summed E-state index contributed by atoms with van der Waals surface area (Å²) < 4.78 is 6.40. The molecule has 1 aliphatic heterocycles. The highest BCUT2D eigenvalue weighted by molar-refractivity contribution is 5.17. The normalized spacial score (nSPS) is 56.8. The van der Waals surface area contributed by atoms with Crippen LogP contribution < -0.4 is 0 Å². The predicted octanol–water partition coefficient (Wildman–Crippen LogP) is 3.64. The van der Waals surface area contributed by atoms with Crippen molar-refractivity contribution in [2.45, 2.75) is 103 Å². The van der Waals surface area contributed by atoms with Gasteiger partial charge in [0.05, 0.1) is 24.9 Å². The van der Waals surface area contributed by atoms with E-state index in [-0.39, 0.29) is 47.6 Å². The monoisotopic (exact) mass is 448 g/mol. The molecule has 5 heteroatoms. The lowest BCUT2D eigenvalue weighted by Gasteiger charge is -2.62. The number of ether oxygens (including phenoxy) is 1. The Bertz CT molecular complexity index is 754. The molecule has 4 saturated carbocycles. The fourth-order valence-electron chi connectivity index (χ4n) is 9.59. The van der Waals surface area contributed by atoms with Gasteiger partial charge in [0.1, 0.15) is 0 Å². The second kappa shape index (κ2) is 7.78. The molecule has 1 heterocycles. The SMILES string of the molecule is C=C(CO)CCC1(O)O[C@H]2C[C@H]3[C@@H]4CCC5CC(O)CC[C@]5(C)[C@H]4CC(O)[C@]3(C)[C@H]2[C@@H]1C. The summed E-state index contributed by atoms with van der Waals surface area (Å²) in [6.45, 7) is 10.6. The molecule has 0 spiro atoms. The summed E-state index contributed by atoms with van der Waals surface area (Å²) in [5.74, 6) is 0.999. The van der Waals surface area contributed by atoms with Crippen LogP contribution in [0.1, 0.15) is 78.6 Å². The Hall–Kier alpha value is -0.460. The molecule has 0 aromatic rings. The van der Waals surface area contributed by atoms with E-state index in [0.717, 1.165) is 37.7 Å². The van der Waals surface area contributed by atoms with Gasteiger partial charge in [-0.1, -0.05) is 32.9 Å². The molecule has 5 rings (SSSR count). The Morgan fingerprint density at radius 1 is 1.06 bits per heavy atom. The van der Waals surface area contributed by atoms with Crippen LogP contribution in [0.4, 0.5) is 0 Å². The van der Waals surface area contributed by atoms with E-state index in [9.17, 15) is 20.4 Å². The first-order valence-corrected chi connectivity index (χ1v) is 13.1. The summed E-state index contributed by atoms with van der Waals surface area (Å²) in [5.41, 5.74) is 0.708. The first-order valence-electron chi connectivity index (χ1n) is 13.1. The van der Waals surface area contributed by atoms with E-state index in [4.69, 9.17) is 4.74 Å². The average molecular weight is 449 g/mol. The fraction of sp³-hybridized carbons (Fsp3) is 0.926. The summed E-state index contributed by atoms with van der Waals surface area (Å²) >= 11 is 0. The molecule has 0 amide bonds.